The van der Waals surface area contributed by atoms with Crippen LogP contribution in [0.5, 0.6) is 5.75 Å². The number of carbonyl (C=O) groups is 2. The number of nitrogens with zero attached hydrogens (tertiary/aromatic N) is 2. The number of aromatic nitrogens is 2. The summed E-state index contributed by atoms with van der Waals surface area (Å²) in [4.78, 5) is 30.5. The van der Waals surface area contributed by atoms with Crippen LogP contribution in [0.2, 0.25) is 0 Å². The van der Waals surface area contributed by atoms with Gasteiger partial charge in [-0.2, -0.15) is 0 Å². The standard InChI is InChI=1S/C17H15NO4.C9H7O.C8H8INO3/c1-21-15-7-5-12(6-8-15)3-4-13-9-14(11-19)18-16(10-13)17(20)22-2;1-3-8-4-6-9(10-2)7-5-8;1-13-8(12)7-3-5(9)2-6(4-11)10-7/h5-10,19H,11H2,1-2H3;1,4,6-7H,2H3;2-3,11H,4H2,1H3/q;+1;. The van der Waals surface area contributed by atoms with E-state index in [4.69, 9.17) is 21.0 Å². The number of terminal acetylenes is 1. The maximum absolute atomic E-state index is 11.6. The fourth-order valence-electron chi connectivity index (χ4n) is 3.24. The van der Waals surface area contributed by atoms with E-state index in [-0.39, 0.29) is 24.6 Å². The second-order valence-electron chi connectivity index (χ2n) is 8.46. The molecule has 45 heavy (non-hydrogen) atoms. The summed E-state index contributed by atoms with van der Waals surface area (Å²) in [5.74, 6) is 8.86. The number of hydrogen-bond donors (Lipinski definition) is 2. The van der Waals surface area contributed by atoms with Crippen molar-refractivity contribution >= 4 is 34.5 Å². The summed E-state index contributed by atoms with van der Waals surface area (Å²) < 4.78 is 20.0. The number of esters is 2. The SMILES string of the molecule is C#CC1=[C+]C=C(OC)C=C1.COC(=O)c1cc(C#Cc2ccc(OC)cc2)cc(CO)n1.COC(=O)c1cc(I)cc(CO)n1. The molecule has 230 valence electrons. The minimum atomic E-state index is -0.567. The molecule has 0 unspecified atom stereocenters. The van der Waals surface area contributed by atoms with Gasteiger partial charge in [0.25, 0.3) is 0 Å². The topological polar surface area (TPSA) is 137 Å². The molecule has 0 fully saturated rings. The highest BCUT2D eigenvalue weighted by atomic mass is 127. The van der Waals surface area contributed by atoms with Gasteiger partial charge < -0.3 is 29.2 Å². The van der Waals surface area contributed by atoms with E-state index in [1.54, 1.807) is 44.6 Å². The van der Waals surface area contributed by atoms with Gasteiger partial charge in [-0.3, -0.25) is 0 Å². The molecular weight excluding hydrogens is 691 g/mol. The third-order valence-corrected chi connectivity index (χ3v) is 6.07. The first kappa shape index (κ1) is 36.2. The largest absolute Gasteiger partial charge is 0.497 e. The van der Waals surface area contributed by atoms with Gasteiger partial charge in [0.15, 0.2) is 0 Å². The van der Waals surface area contributed by atoms with Crippen LogP contribution in [0.3, 0.4) is 0 Å². The Labute approximate surface area is 275 Å². The number of pyridine rings is 2. The molecule has 2 heterocycles. The molecular formula is C34H30IN2O8+. The third-order valence-electron chi connectivity index (χ3n) is 5.45. The number of methoxy groups -OCH3 is 4. The quantitative estimate of drug-likeness (QED) is 0.165. The van der Waals surface area contributed by atoms with E-state index in [0.29, 0.717) is 17.0 Å². The Hall–Kier alpha value is -5.04. The second-order valence-corrected chi connectivity index (χ2v) is 9.70. The van der Waals surface area contributed by atoms with Gasteiger partial charge in [0, 0.05) is 20.8 Å². The molecule has 0 saturated heterocycles. The maximum atomic E-state index is 11.6. The summed E-state index contributed by atoms with van der Waals surface area (Å²) in [7, 11) is 5.78. The van der Waals surface area contributed by atoms with Crippen molar-refractivity contribution in [2.75, 3.05) is 28.4 Å². The lowest BCUT2D eigenvalue weighted by atomic mass is 10.1. The molecule has 11 heteroatoms. The maximum Gasteiger partial charge on any atom is 0.356 e. The molecule has 10 nitrogen and oxygen atoms in total. The van der Waals surface area contributed by atoms with E-state index in [9.17, 15) is 14.7 Å². The minimum Gasteiger partial charge on any atom is -0.497 e. The van der Waals surface area contributed by atoms with Crippen molar-refractivity contribution in [3.05, 3.63) is 122 Å². The van der Waals surface area contributed by atoms with Crippen LogP contribution in [0.4, 0.5) is 0 Å². The summed E-state index contributed by atoms with van der Waals surface area (Å²) in [6, 6.07) is 13.8. The van der Waals surface area contributed by atoms with Gasteiger partial charge in [-0.1, -0.05) is 18.3 Å². The summed E-state index contributed by atoms with van der Waals surface area (Å²) in [6.07, 6.45) is 13.3. The Morgan fingerprint density at radius 1 is 0.822 bits per heavy atom. The molecule has 2 N–H and O–H groups in total. The Morgan fingerprint density at radius 3 is 1.89 bits per heavy atom. The van der Waals surface area contributed by atoms with Gasteiger partial charge in [0.05, 0.1) is 71.1 Å². The van der Waals surface area contributed by atoms with Gasteiger partial charge in [-0.15, -0.1) is 0 Å². The van der Waals surface area contributed by atoms with E-state index in [2.05, 4.69) is 43.3 Å². The first-order valence-corrected chi connectivity index (χ1v) is 14.0. The first-order chi connectivity index (χ1) is 21.7. The van der Waals surface area contributed by atoms with Crippen LogP contribution in [-0.2, 0) is 27.4 Å². The molecule has 2 aromatic heterocycles. The van der Waals surface area contributed by atoms with E-state index in [1.807, 2.05) is 52.9 Å². The highest BCUT2D eigenvalue weighted by molar-refractivity contribution is 14.1. The van der Waals surface area contributed by atoms with Crippen molar-refractivity contribution in [3.8, 4) is 29.9 Å². The van der Waals surface area contributed by atoms with Gasteiger partial charge in [0.2, 0.25) is 11.3 Å². The smallest absolute Gasteiger partial charge is 0.356 e. The second kappa shape index (κ2) is 19.3. The molecule has 1 aliphatic carbocycles. The zero-order valence-electron chi connectivity index (χ0n) is 25.0. The number of halogens is 1. The first-order valence-electron chi connectivity index (χ1n) is 12.9. The van der Waals surface area contributed by atoms with Crippen molar-refractivity contribution in [3.63, 3.8) is 0 Å². The summed E-state index contributed by atoms with van der Waals surface area (Å²) in [5.41, 5.74) is 3.31. The van der Waals surface area contributed by atoms with Gasteiger partial charge in [-0.25, -0.2) is 19.6 Å². The molecule has 0 amide bonds. The molecule has 0 bridgehead atoms. The number of aliphatic hydroxyl groups excluding tert-OH is 2. The van der Waals surface area contributed by atoms with Crippen LogP contribution in [0.15, 0.2) is 78.1 Å². The van der Waals surface area contributed by atoms with Crippen molar-refractivity contribution in [1.82, 2.24) is 9.97 Å². The zero-order valence-corrected chi connectivity index (χ0v) is 27.1. The van der Waals surface area contributed by atoms with Gasteiger partial charge in [-0.05, 0) is 71.1 Å². The zero-order chi connectivity index (χ0) is 33.2. The highest BCUT2D eigenvalue weighted by Crippen LogP contribution is 2.12. The van der Waals surface area contributed by atoms with Crippen LogP contribution < -0.4 is 4.74 Å². The Morgan fingerprint density at radius 2 is 1.40 bits per heavy atom. The Bertz CT molecular complexity index is 1680. The van der Waals surface area contributed by atoms with Gasteiger partial charge >= 0.3 is 11.9 Å². The van der Waals surface area contributed by atoms with E-state index in [0.717, 1.165) is 26.2 Å². The molecule has 1 aliphatic rings. The molecule has 0 radical (unpaired) electrons. The summed E-state index contributed by atoms with van der Waals surface area (Å²) in [6.45, 7) is -0.455. The minimum absolute atomic E-state index is 0.119. The van der Waals surface area contributed by atoms with Crippen molar-refractivity contribution < 1.29 is 38.7 Å². The molecule has 0 saturated carbocycles. The monoisotopic (exact) mass is 721 g/mol. The fraction of sp³-hybridized carbons (Fsp3) is 0.176. The number of aliphatic hydroxyl groups is 2. The average molecular weight is 722 g/mol. The lowest BCUT2D eigenvalue weighted by Crippen LogP contribution is -2.07. The normalized spacial score (nSPS) is 10.7. The van der Waals surface area contributed by atoms with E-state index < -0.39 is 11.9 Å². The number of rotatable bonds is 6. The molecule has 4 rings (SSSR count). The molecule has 1 aromatic carbocycles. The number of carbonyl (C=O) groups excluding carboxylic acids is 2. The molecule has 0 spiro atoms. The number of benzene rings is 1. The Kier molecular flexibility index (Phi) is 15.5. The predicted molar refractivity (Wildman–Crippen MR) is 175 cm³/mol. The summed E-state index contributed by atoms with van der Waals surface area (Å²) in [5, 5.41) is 18.0. The van der Waals surface area contributed by atoms with Crippen LogP contribution in [-0.4, -0.2) is 60.6 Å². The van der Waals surface area contributed by atoms with Gasteiger partial charge in [0.1, 0.15) is 23.2 Å². The number of allylic oxidation sites excluding steroid dienone is 5. The highest BCUT2D eigenvalue weighted by Gasteiger charge is 2.10. The lowest BCUT2D eigenvalue weighted by Gasteiger charge is -2.02. The van der Waals surface area contributed by atoms with E-state index in [1.165, 1.54) is 20.3 Å². The van der Waals surface area contributed by atoms with Crippen LogP contribution in [0.1, 0.15) is 43.5 Å². The number of ether oxygens (including phenoxy) is 4. The van der Waals surface area contributed by atoms with Crippen molar-refractivity contribution in [2.45, 2.75) is 13.2 Å². The predicted octanol–water partition coefficient (Wildman–Crippen LogP) is 4.18. The lowest BCUT2D eigenvalue weighted by molar-refractivity contribution is 0.0584. The van der Waals surface area contributed by atoms with E-state index >= 15 is 0 Å². The number of hydrogen-bond acceptors (Lipinski definition) is 10. The molecule has 3 aromatic rings. The summed E-state index contributed by atoms with van der Waals surface area (Å²) >= 11 is 2.05. The molecule has 0 aliphatic heterocycles. The van der Waals surface area contributed by atoms with Crippen LogP contribution >= 0.6 is 22.6 Å². The average Bonchev–Trinajstić information content (AvgIpc) is 3.10. The van der Waals surface area contributed by atoms with Crippen molar-refractivity contribution in [1.29, 1.82) is 0 Å². The van der Waals surface area contributed by atoms with Crippen LogP contribution in [0.25, 0.3) is 0 Å². The van der Waals surface area contributed by atoms with Crippen molar-refractivity contribution in [2.24, 2.45) is 0 Å². The fourth-order valence-corrected chi connectivity index (χ4v) is 3.89. The molecule has 0 atom stereocenters. The van der Waals surface area contributed by atoms with Crippen LogP contribution in [0, 0.1) is 33.8 Å². The third kappa shape index (κ3) is 12.2. The Balaban J connectivity index is 0.000000259.